The molecule has 6 heteroatoms. The molecule has 0 radical (unpaired) electrons. The van der Waals surface area contributed by atoms with Gasteiger partial charge in [-0.1, -0.05) is 30.2 Å². The number of amides is 1. The minimum Gasteiger partial charge on any atom is -0.326 e. The Labute approximate surface area is 167 Å². The highest BCUT2D eigenvalue weighted by molar-refractivity contribution is 7.89. The van der Waals surface area contributed by atoms with Crippen molar-refractivity contribution in [3.63, 3.8) is 0 Å². The maximum atomic E-state index is 13.1. The molecule has 1 aliphatic rings. The van der Waals surface area contributed by atoms with Crippen molar-refractivity contribution >= 4 is 21.6 Å². The lowest BCUT2D eigenvalue weighted by Crippen LogP contribution is -2.45. The predicted molar refractivity (Wildman–Crippen MR) is 112 cm³/mol. The second kappa shape index (κ2) is 8.45. The molecule has 5 nitrogen and oxygen atoms in total. The molecule has 0 aromatic heterocycles. The average molecular weight is 401 g/mol. The summed E-state index contributed by atoms with van der Waals surface area (Å²) in [7, 11) is -3.61. The van der Waals surface area contributed by atoms with Gasteiger partial charge in [0.05, 0.1) is 4.90 Å². The summed E-state index contributed by atoms with van der Waals surface area (Å²) in [5.41, 5.74) is 3.93. The van der Waals surface area contributed by atoms with Gasteiger partial charge in [-0.05, 0) is 69.0 Å². The lowest BCUT2D eigenvalue weighted by molar-refractivity contribution is -0.117. The SMILES string of the molecule is Cc1ccc(S(=O)(=O)N2CCCC[C@H]2CC(=O)Nc2cc(C)cc(C)c2)cc1. The fourth-order valence-corrected chi connectivity index (χ4v) is 5.51. The van der Waals surface area contributed by atoms with Gasteiger partial charge in [0.2, 0.25) is 15.9 Å². The van der Waals surface area contributed by atoms with Crippen LogP contribution in [0.2, 0.25) is 0 Å². The van der Waals surface area contributed by atoms with Crippen LogP contribution in [0.5, 0.6) is 0 Å². The fraction of sp³-hybridized carbons (Fsp3) is 0.409. The summed E-state index contributed by atoms with van der Waals surface area (Å²) in [5.74, 6) is -0.152. The van der Waals surface area contributed by atoms with Crippen LogP contribution >= 0.6 is 0 Å². The normalized spacial score (nSPS) is 18.0. The summed E-state index contributed by atoms with van der Waals surface area (Å²) in [5, 5.41) is 2.93. The summed E-state index contributed by atoms with van der Waals surface area (Å²) in [6.45, 7) is 6.36. The van der Waals surface area contributed by atoms with Crippen molar-refractivity contribution in [2.45, 2.75) is 57.4 Å². The molecule has 1 heterocycles. The van der Waals surface area contributed by atoms with Gasteiger partial charge in [0.25, 0.3) is 0 Å². The second-order valence-electron chi connectivity index (χ2n) is 7.71. The van der Waals surface area contributed by atoms with Crippen LogP contribution in [-0.2, 0) is 14.8 Å². The highest BCUT2D eigenvalue weighted by atomic mass is 32.2. The first-order chi connectivity index (χ1) is 13.3. The Morgan fingerprint density at radius 3 is 2.29 bits per heavy atom. The highest BCUT2D eigenvalue weighted by Gasteiger charge is 2.34. The van der Waals surface area contributed by atoms with E-state index in [0.29, 0.717) is 17.9 Å². The number of carbonyl (C=O) groups is 1. The molecule has 0 unspecified atom stereocenters. The van der Waals surface area contributed by atoms with Crippen LogP contribution in [0, 0.1) is 20.8 Å². The van der Waals surface area contributed by atoms with E-state index in [1.807, 2.05) is 39.0 Å². The van der Waals surface area contributed by atoms with Gasteiger partial charge >= 0.3 is 0 Å². The van der Waals surface area contributed by atoms with Crippen LogP contribution in [0.25, 0.3) is 0 Å². The molecule has 0 saturated carbocycles. The van der Waals surface area contributed by atoms with Crippen molar-refractivity contribution in [3.05, 3.63) is 59.2 Å². The Morgan fingerprint density at radius 2 is 1.64 bits per heavy atom. The molecule has 2 aromatic rings. The highest BCUT2D eigenvalue weighted by Crippen LogP contribution is 2.27. The summed E-state index contributed by atoms with van der Waals surface area (Å²) in [6, 6.07) is 12.5. The molecule has 150 valence electrons. The molecule has 1 aliphatic heterocycles. The number of piperidine rings is 1. The number of rotatable bonds is 5. The van der Waals surface area contributed by atoms with Crippen LogP contribution in [-0.4, -0.2) is 31.2 Å². The number of anilines is 1. The summed E-state index contributed by atoms with van der Waals surface area (Å²) in [6.07, 6.45) is 2.62. The molecule has 0 aliphatic carbocycles. The van der Waals surface area contributed by atoms with Gasteiger partial charge in [0.15, 0.2) is 0 Å². The van der Waals surface area contributed by atoms with Crippen molar-refractivity contribution < 1.29 is 13.2 Å². The molecule has 3 rings (SSSR count). The number of nitrogens with one attached hydrogen (secondary N) is 1. The van der Waals surface area contributed by atoms with E-state index < -0.39 is 10.0 Å². The van der Waals surface area contributed by atoms with E-state index in [9.17, 15) is 13.2 Å². The number of sulfonamides is 1. The van der Waals surface area contributed by atoms with Gasteiger partial charge in [-0.25, -0.2) is 8.42 Å². The molecule has 0 bridgehead atoms. The average Bonchev–Trinajstić information content (AvgIpc) is 2.61. The first-order valence-corrected chi connectivity index (χ1v) is 11.2. The Balaban J connectivity index is 1.75. The number of carbonyl (C=O) groups excluding carboxylic acids is 1. The summed E-state index contributed by atoms with van der Waals surface area (Å²) < 4.78 is 27.8. The van der Waals surface area contributed by atoms with Gasteiger partial charge in [-0.15, -0.1) is 0 Å². The van der Waals surface area contributed by atoms with Gasteiger partial charge in [0.1, 0.15) is 0 Å². The number of aryl methyl sites for hydroxylation is 3. The zero-order valence-electron chi connectivity index (χ0n) is 16.7. The molecule has 2 aromatic carbocycles. The van der Waals surface area contributed by atoms with E-state index in [1.54, 1.807) is 24.3 Å². The minimum absolute atomic E-state index is 0.152. The van der Waals surface area contributed by atoms with Crippen LogP contribution in [0.1, 0.15) is 42.4 Å². The van der Waals surface area contributed by atoms with Crippen molar-refractivity contribution in [1.82, 2.24) is 4.31 Å². The van der Waals surface area contributed by atoms with Crippen molar-refractivity contribution in [3.8, 4) is 0 Å². The molecule has 1 N–H and O–H groups in total. The standard InChI is InChI=1S/C22H28N2O3S/c1-16-7-9-21(10-8-16)28(26,27)24-11-5-4-6-20(24)15-22(25)23-19-13-17(2)12-18(3)14-19/h7-10,12-14,20H,4-6,11,15H2,1-3H3,(H,23,25)/t20-/m0/s1. The van der Waals surface area contributed by atoms with Crippen LogP contribution in [0.3, 0.4) is 0 Å². The smallest absolute Gasteiger partial charge is 0.243 e. The summed E-state index contributed by atoms with van der Waals surface area (Å²) >= 11 is 0. The van der Waals surface area contributed by atoms with E-state index in [0.717, 1.165) is 35.2 Å². The zero-order valence-corrected chi connectivity index (χ0v) is 17.6. The predicted octanol–water partition coefficient (Wildman–Crippen LogP) is 4.18. The van der Waals surface area contributed by atoms with E-state index in [1.165, 1.54) is 4.31 Å². The van der Waals surface area contributed by atoms with Crippen LogP contribution in [0.4, 0.5) is 5.69 Å². The molecular formula is C22H28N2O3S. The first-order valence-electron chi connectivity index (χ1n) is 9.72. The monoisotopic (exact) mass is 400 g/mol. The fourth-order valence-electron chi connectivity index (χ4n) is 3.81. The largest absolute Gasteiger partial charge is 0.326 e. The maximum absolute atomic E-state index is 13.1. The maximum Gasteiger partial charge on any atom is 0.243 e. The molecule has 1 fully saturated rings. The third-order valence-corrected chi connectivity index (χ3v) is 7.09. The lowest BCUT2D eigenvalue weighted by atomic mass is 10.0. The molecule has 28 heavy (non-hydrogen) atoms. The van der Waals surface area contributed by atoms with Crippen LogP contribution < -0.4 is 5.32 Å². The van der Waals surface area contributed by atoms with Crippen LogP contribution in [0.15, 0.2) is 47.4 Å². The van der Waals surface area contributed by atoms with E-state index >= 15 is 0 Å². The van der Waals surface area contributed by atoms with Gasteiger partial charge in [-0.3, -0.25) is 4.79 Å². The molecule has 1 atom stereocenters. The van der Waals surface area contributed by atoms with E-state index in [4.69, 9.17) is 0 Å². The minimum atomic E-state index is -3.61. The Hall–Kier alpha value is -2.18. The Kier molecular flexibility index (Phi) is 6.20. The Morgan fingerprint density at radius 1 is 1.00 bits per heavy atom. The molecule has 1 amide bonds. The first kappa shape index (κ1) is 20.6. The topological polar surface area (TPSA) is 66.5 Å². The molecule has 0 spiro atoms. The number of hydrogen-bond donors (Lipinski definition) is 1. The van der Waals surface area contributed by atoms with Gasteiger partial charge in [-0.2, -0.15) is 4.31 Å². The van der Waals surface area contributed by atoms with Crippen molar-refractivity contribution in [2.75, 3.05) is 11.9 Å². The number of benzene rings is 2. The Bertz CT molecular complexity index is 932. The third kappa shape index (κ3) is 4.80. The van der Waals surface area contributed by atoms with Gasteiger partial charge in [0, 0.05) is 24.7 Å². The quantitative estimate of drug-likeness (QED) is 0.819. The molecule has 1 saturated heterocycles. The van der Waals surface area contributed by atoms with Gasteiger partial charge < -0.3 is 5.32 Å². The van der Waals surface area contributed by atoms with Crippen molar-refractivity contribution in [1.29, 1.82) is 0 Å². The number of hydrogen-bond acceptors (Lipinski definition) is 3. The van der Waals surface area contributed by atoms with E-state index in [-0.39, 0.29) is 18.4 Å². The second-order valence-corrected chi connectivity index (χ2v) is 9.60. The number of nitrogens with zero attached hydrogens (tertiary/aromatic N) is 1. The zero-order chi connectivity index (χ0) is 20.3. The summed E-state index contributed by atoms with van der Waals surface area (Å²) in [4.78, 5) is 12.9. The van der Waals surface area contributed by atoms with Crippen molar-refractivity contribution in [2.24, 2.45) is 0 Å². The lowest BCUT2D eigenvalue weighted by Gasteiger charge is -2.34. The third-order valence-electron chi connectivity index (χ3n) is 5.13. The molecular weight excluding hydrogens is 372 g/mol. The van der Waals surface area contributed by atoms with E-state index in [2.05, 4.69) is 5.32 Å².